The van der Waals surface area contributed by atoms with E-state index in [2.05, 4.69) is 0 Å². The minimum Gasteiger partial charge on any atom is -0.487 e. The van der Waals surface area contributed by atoms with Crippen molar-refractivity contribution < 1.29 is 22.3 Å². The van der Waals surface area contributed by atoms with Gasteiger partial charge < -0.3 is 4.74 Å². The summed E-state index contributed by atoms with van der Waals surface area (Å²) in [5.41, 5.74) is 1.01. The molecule has 1 atom stereocenters. The number of hydrogen-bond donors (Lipinski definition) is 0. The van der Waals surface area contributed by atoms with Crippen molar-refractivity contribution in [3.63, 3.8) is 0 Å². The molecule has 2 aromatic carbocycles. The van der Waals surface area contributed by atoms with E-state index >= 15 is 0 Å². The van der Waals surface area contributed by atoms with E-state index in [-0.39, 0.29) is 18.6 Å². The van der Waals surface area contributed by atoms with E-state index < -0.39 is 29.0 Å². The maximum absolute atomic E-state index is 13.5. The standard InChI is InChI=1S/C15H10F4OS/c16-10-5-11(17)14(19)15(13(10)18)20-6-8-7-21-12-4-2-1-3-9(8)12/h1-5,8H,6-7H2. The lowest BCUT2D eigenvalue weighted by Crippen LogP contribution is -2.12. The highest BCUT2D eigenvalue weighted by Crippen LogP contribution is 2.39. The van der Waals surface area contributed by atoms with Gasteiger partial charge in [-0.25, -0.2) is 8.78 Å². The zero-order chi connectivity index (χ0) is 15.0. The molecular formula is C15H10F4OS. The summed E-state index contributed by atoms with van der Waals surface area (Å²) in [6.07, 6.45) is 0. The third-order valence-electron chi connectivity index (χ3n) is 3.30. The lowest BCUT2D eigenvalue weighted by Gasteiger charge is -2.14. The minimum atomic E-state index is -1.51. The van der Waals surface area contributed by atoms with Gasteiger partial charge in [-0.15, -0.1) is 11.8 Å². The third-order valence-corrected chi connectivity index (χ3v) is 4.55. The Morgan fingerprint density at radius 2 is 1.71 bits per heavy atom. The fourth-order valence-corrected chi connectivity index (χ4v) is 3.46. The zero-order valence-electron chi connectivity index (χ0n) is 10.7. The zero-order valence-corrected chi connectivity index (χ0v) is 11.5. The first-order valence-electron chi connectivity index (χ1n) is 6.25. The van der Waals surface area contributed by atoms with Crippen LogP contribution in [0.4, 0.5) is 17.6 Å². The molecule has 21 heavy (non-hydrogen) atoms. The normalized spacial score (nSPS) is 16.9. The molecule has 1 heterocycles. The largest absolute Gasteiger partial charge is 0.487 e. The first kappa shape index (κ1) is 14.3. The van der Waals surface area contributed by atoms with Crippen molar-refractivity contribution >= 4 is 11.8 Å². The van der Waals surface area contributed by atoms with E-state index in [0.717, 1.165) is 10.5 Å². The van der Waals surface area contributed by atoms with Crippen LogP contribution in [0.2, 0.25) is 0 Å². The second-order valence-electron chi connectivity index (χ2n) is 4.65. The molecule has 1 nitrogen and oxygen atoms in total. The van der Waals surface area contributed by atoms with Crippen molar-refractivity contribution in [1.29, 1.82) is 0 Å². The first-order chi connectivity index (χ1) is 10.1. The lowest BCUT2D eigenvalue weighted by molar-refractivity contribution is 0.258. The Bertz CT molecular complexity index is 663. The van der Waals surface area contributed by atoms with Crippen molar-refractivity contribution in [3.05, 3.63) is 59.2 Å². The number of fused-ring (bicyclic) bond motifs is 1. The van der Waals surface area contributed by atoms with Crippen LogP contribution in [0.25, 0.3) is 0 Å². The quantitative estimate of drug-likeness (QED) is 0.609. The maximum atomic E-state index is 13.5. The molecule has 1 aliphatic heterocycles. The number of hydrogen-bond acceptors (Lipinski definition) is 2. The second kappa shape index (κ2) is 5.60. The van der Waals surface area contributed by atoms with Crippen LogP contribution in [0.5, 0.6) is 5.75 Å². The lowest BCUT2D eigenvalue weighted by atomic mass is 10.0. The molecule has 0 radical (unpaired) electrons. The van der Waals surface area contributed by atoms with Gasteiger partial charge in [-0.1, -0.05) is 18.2 Å². The van der Waals surface area contributed by atoms with Crippen LogP contribution >= 0.6 is 11.8 Å². The van der Waals surface area contributed by atoms with Gasteiger partial charge in [-0.2, -0.15) is 8.78 Å². The van der Waals surface area contributed by atoms with Gasteiger partial charge in [0.1, 0.15) is 0 Å². The number of rotatable bonds is 3. The molecule has 0 N–H and O–H groups in total. The Hall–Kier alpha value is -1.69. The Morgan fingerprint density at radius 1 is 1.05 bits per heavy atom. The molecule has 1 aliphatic rings. The summed E-state index contributed by atoms with van der Waals surface area (Å²) in [6.45, 7) is -0.0409. The summed E-state index contributed by atoms with van der Waals surface area (Å²) in [6, 6.07) is 7.78. The molecule has 3 rings (SSSR count). The van der Waals surface area contributed by atoms with Crippen LogP contribution in [0.3, 0.4) is 0 Å². The SMILES string of the molecule is Fc1cc(F)c(F)c(OCC2CSc3ccccc32)c1F. The molecule has 0 amide bonds. The maximum Gasteiger partial charge on any atom is 0.203 e. The highest BCUT2D eigenvalue weighted by molar-refractivity contribution is 7.99. The van der Waals surface area contributed by atoms with Crippen LogP contribution in [-0.2, 0) is 0 Å². The van der Waals surface area contributed by atoms with Crippen LogP contribution in [0.15, 0.2) is 35.2 Å². The van der Waals surface area contributed by atoms with Crippen molar-refractivity contribution in [2.24, 2.45) is 0 Å². The van der Waals surface area contributed by atoms with Crippen molar-refractivity contribution in [2.45, 2.75) is 10.8 Å². The van der Waals surface area contributed by atoms with E-state index in [1.54, 1.807) is 11.8 Å². The average Bonchev–Trinajstić information content (AvgIpc) is 2.89. The van der Waals surface area contributed by atoms with E-state index in [4.69, 9.17) is 4.74 Å². The molecule has 0 bridgehead atoms. The molecule has 6 heteroatoms. The molecule has 0 aromatic heterocycles. The molecule has 2 aromatic rings. The molecule has 1 unspecified atom stereocenters. The first-order valence-corrected chi connectivity index (χ1v) is 7.24. The van der Waals surface area contributed by atoms with E-state index in [1.165, 1.54) is 0 Å². The van der Waals surface area contributed by atoms with Gasteiger partial charge in [0.15, 0.2) is 17.4 Å². The van der Waals surface area contributed by atoms with Crippen LogP contribution in [-0.4, -0.2) is 12.4 Å². The molecule has 0 fully saturated rings. The molecule has 0 saturated carbocycles. The molecule has 0 spiro atoms. The van der Waals surface area contributed by atoms with Crippen LogP contribution in [0, 0.1) is 23.3 Å². The van der Waals surface area contributed by atoms with Gasteiger partial charge in [0.25, 0.3) is 0 Å². The Balaban J connectivity index is 1.81. The number of benzene rings is 2. The van der Waals surface area contributed by atoms with Gasteiger partial charge in [-0.05, 0) is 11.6 Å². The Morgan fingerprint density at radius 3 is 2.43 bits per heavy atom. The topological polar surface area (TPSA) is 9.23 Å². The smallest absolute Gasteiger partial charge is 0.203 e. The summed E-state index contributed by atoms with van der Waals surface area (Å²) in [5, 5.41) is 0. The van der Waals surface area contributed by atoms with Gasteiger partial charge in [0, 0.05) is 22.6 Å². The third kappa shape index (κ3) is 2.60. The monoisotopic (exact) mass is 314 g/mol. The van der Waals surface area contributed by atoms with E-state index in [9.17, 15) is 17.6 Å². The summed E-state index contributed by atoms with van der Waals surface area (Å²) >= 11 is 1.61. The number of thioether (sulfide) groups is 1. The predicted octanol–water partition coefficient (Wildman–Crippen LogP) is 4.51. The predicted molar refractivity (Wildman–Crippen MR) is 71.7 cm³/mol. The average molecular weight is 314 g/mol. The van der Waals surface area contributed by atoms with Gasteiger partial charge in [0.2, 0.25) is 11.6 Å². The Kier molecular flexibility index (Phi) is 3.80. The summed E-state index contributed by atoms with van der Waals surface area (Å²) in [5.74, 6) is -6.32. The molecular weight excluding hydrogens is 304 g/mol. The number of halogens is 4. The summed E-state index contributed by atoms with van der Waals surface area (Å²) < 4.78 is 58.2. The van der Waals surface area contributed by atoms with Crippen molar-refractivity contribution in [1.82, 2.24) is 0 Å². The van der Waals surface area contributed by atoms with Crippen LogP contribution in [0.1, 0.15) is 11.5 Å². The molecule has 0 saturated heterocycles. The summed E-state index contributed by atoms with van der Waals surface area (Å²) in [4.78, 5) is 1.08. The van der Waals surface area contributed by atoms with Gasteiger partial charge in [0.05, 0.1) is 6.61 Å². The van der Waals surface area contributed by atoms with Crippen LogP contribution < -0.4 is 4.74 Å². The van der Waals surface area contributed by atoms with Gasteiger partial charge in [-0.3, -0.25) is 0 Å². The van der Waals surface area contributed by atoms with Crippen molar-refractivity contribution in [3.8, 4) is 5.75 Å². The fourth-order valence-electron chi connectivity index (χ4n) is 2.23. The van der Waals surface area contributed by atoms with Gasteiger partial charge >= 0.3 is 0 Å². The number of ether oxygens (including phenoxy) is 1. The Labute approximate surface area is 122 Å². The second-order valence-corrected chi connectivity index (χ2v) is 5.72. The molecule has 110 valence electrons. The minimum absolute atomic E-state index is 0.0409. The van der Waals surface area contributed by atoms with E-state index in [0.29, 0.717) is 5.75 Å². The highest BCUT2D eigenvalue weighted by atomic mass is 32.2. The van der Waals surface area contributed by atoms with Crippen molar-refractivity contribution in [2.75, 3.05) is 12.4 Å². The fraction of sp³-hybridized carbons (Fsp3) is 0.200. The highest BCUT2D eigenvalue weighted by Gasteiger charge is 2.26. The summed E-state index contributed by atoms with van der Waals surface area (Å²) in [7, 11) is 0. The van der Waals surface area contributed by atoms with E-state index in [1.807, 2.05) is 24.3 Å². The molecule has 0 aliphatic carbocycles.